The van der Waals surface area contributed by atoms with Gasteiger partial charge in [0.1, 0.15) is 0 Å². The summed E-state index contributed by atoms with van der Waals surface area (Å²) in [6, 6.07) is 11.4. The highest BCUT2D eigenvalue weighted by Crippen LogP contribution is 2.16. The first-order chi connectivity index (χ1) is 9.95. The molecule has 108 valence electrons. The summed E-state index contributed by atoms with van der Waals surface area (Å²) in [5, 5.41) is 13.5. The van der Waals surface area contributed by atoms with Crippen LogP contribution in [0.25, 0.3) is 0 Å². The first-order valence-electron chi connectivity index (χ1n) is 6.34. The van der Waals surface area contributed by atoms with E-state index >= 15 is 0 Å². The van der Waals surface area contributed by atoms with Gasteiger partial charge in [0, 0.05) is 29.9 Å². The summed E-state index contributed by atoms with van der Waals surface area (Å²) in [5.74, 6) is -0.348. The van der Waals surface area contributed by atoms with Gasteiger partial charge in [0.15, 0.2) is 0 Å². The SMILES string of the molecule is Cc1cc(C(=O)NCc2ccc(N)cc2)cc([N+](=O)[O-])c1. The molecule has 0 radical (unpaired) electrons. The number of benzene rings is 2. The molecule has 0 aliphatic carbocycles. The Morgan fingerprint density at radius 1 is 1.24 bits per heavy atom. The fraction of sp³-hybridized carbons (Fsp3) is 0.133. The molecule has 0 unspecified atom stereocenters. The van der Waals surface area contributed by atoms with E-state index < -0.39 is 4.92 Å². The van der Waals surface area contributed by atoms with Gasteiger partial charge in [-0.1, -0.05) is 12.1 Å². The second-order valence-corrected chi connectivity index (χ2v) is 4.74. The van der Waals surface area contributed by atoms with Crippen molar-refractivity contribution in [1.82, 2.24) is 5.32 Å². The standard InChI is InChI=1S/C15H15N3O3/c1-10-6-12(8-14(7-10)18(20)21)15(19)17-9-11-2-4-13(16)5-3-11/h2-8H,9,16H2,1H3,(H,17,19). The molecule has 2 aromatic rings. The monoisotopic (exact) mass is 285 g/mol. The van der Waals surface area contributed by atoms with E-state index in [9.17, 15) is 14.9 Å². The highest BCUT2D eigenvalue weighted by Gasteiger charge is 2.13. The Balaban J connectivity index is 2.09. The van der Waals surface area contributed by atoms with Crippen LogP contribution in [0.5, 0.6) is 0 Å². The topological polar surface area (TPSA) is 98.3 Å². The molecule has 6 nitrogen and oxygen atoms in total. The molecule has 0 fully saturated rings. The molecule has 0 saturated heterocycles. The number of nitrogens with zero attached hydrogens (tertiary/aromatic N) is 1. The minimum Gasteiger partial charge on any atom is -0.399 e. The van der Waals surface area contributed by atoms with Crippen LogP contribution in [0.3, 0.4) is 0 Å². The number of hydrogen-bond acceptors (Lipinski definition) is 4. The molecular formula is C15H15N3O3. The normalized spacial score (nSPS) is 10.1. The second-order valence-electron chi connectivity index (χ2n) is 4.74. The average molecular weight is 285 g/mol. The van der Waals surface area contributed by atoms with Crippen LogP contribution in [0.4, 0.5) is 11.4 Å². The zero-order valence-corrected chi connectivity index (χ0v) is 11.5. The van der Waals surface area contributed by atoms with Crippen molar-refractivity contribution in [3.8, 4) is 0 Å². The van der Waals surface area contributed by atoms with E-state index in [1.54, 1.807) is 25.1 Å². The maximum absolute atomic E-state index is 12.1. The van der Waals surface area contributed by atoms with Crippen molar-refractivity contribution in [2.24, 2.45) is 0 Å². The van der Waals surface area contributed by atoms with E-state index in [2.05, 4.69) is 5.32 Å². The summed E-state index contributed by atoms with van der Waals surface area (Å²) in [5.41, 5.74) is 7.99. The second kappa shape index (κ2) is 6.04. The van der Waals surface area contributed by atoms with Gasteiger partial charge in [-0.3, -0.25) is 14.9 Å². The van der Waals surface area contributed by atoms with Gasteiger partial charge in [0.25, 0.3) is 11.6 Å². The lowest BCUT2D eigenvalue weighted by Crippen LogP contribution is -2.23. The summed E-state index contributed by atoms with van der Waals surface area (Å²) in [7, 11) is 0. The van der Waals surface area contributed by atoms with Crippen LogP contribution < -0.4 is 11.1 Å². The number of nitrogens with one attached hydrogen (secondary N) is 1. The Morgan fingerprint density at radius 3 is 2.52 bits per heavy atom. The Hall–Kier alpha value is -2.89. The third-order valence-electron chi connectivity index (χ3n) is 2.97. The molecule has 0 saturated carbocycles. The predicted octanol–water partition coefficient (Wildman–Crippen LogP) is 2.42. The van der Waals surface area contributed by atoms with Crippen molar-refractivity contribution >= 4 is 17.3 Å². The molecule has 3 N–H and O–H groups in total. The lowest BCUT2D eigenvalue weighted by Gasteiger charge is -2.06. The number of aryl methyl sites for hydroxylation is 1. The fourth-order valence-electron chi connectivity index (χ4n) is 1.92. The number of carbonyl (C=O) groups excluding carboxylic acids is 1. The third kappa shape index (κ3) is 3.79. The molecule has 0 heterocycles. The fourth-order valence-corrected chi connectivity index (χ4v) is 1.92. The van der Waals surface area contributed by atoms with Gasteiger partial charge in [-0.25, -0.2) is 0 Å². The maximum Gasteiger partial charge on any atom is 0.270 e. The van der Waals surface area contributed by atoms with Crippen molar-refractivity contribution in [3.63, 3.8) is 0 Å². The van der Waals surface area contributed by atoms with Gasteiger partial charge in [-0.15, -0.1) is 0 Å². The Kier molecular flexibility index (Phi) is 4.18. The lowest BCUT2D eigenvalue weighted by atomic mass is 10.1. The smallest absolute Gasteiger partial charge is 0.270 e. The predicted molar refractivity (Wildman–Crippen MR) is 79.9 cm³/mol. The molecule has 21 heavy (non-hydrogen) atoms. The summed E-state index contributed by atoms with van der Waals surface area (Å²) >= 11 is 0. The van der Waals surface area contributed by atoms with Gasteiger partial charge in [0.05, 0.1) is 4.92 Å². The van der Waals surface area contributed by atoms with Crippen LogP contribution in [-0.2, 0) is 6.54 Å². The minimum absolute atomic E-state index is 0.0902. The van der Waals surface area contributed by atoms with Crippen molar-refractivity contribution in [2.75, 3.05) is 5.73 Å². The number of amides is 1. The summed E-state index contributed by atoms with van der Waals surface area (Å²) in [4.78, 5) is 22.3. The maximum atomic E-state index is 12.1. The van der Waals surface area contributed by atoms with E-state index in [1.807, 2.05) is 12.1 Å². The number of non-ortho nitro benzene ring substituents is 1. The molecule has 0 aromatic heterocycles. The zero-order valence-electron chi connectivity index (χ0n) is 11.5. The molecule has 0 bridgehead atoms. The van der Waals surface area contributed by atoms with Crippen LogP contribution in [0.2, 0.25) is 0 Å². The highest BCUT2D eigenvalue weighted by molar-refractivity contribution is 5.95. The van der Waals surface area contributed by atoms with Gasteiger partial charge in [0.2, 0.25) is 0 Å². The van der Waals surface area contributed by atoms with Crippen molar-refractivity contribution in [2.45, 2.75) is 13.5 Å². The van der Waals surface area contributed by atoms with Crippen molar-refractivity contribution < 1.29 is 9.72 Å². The third-order valence-corrected chi connectivity index (χ3v) is 2.97. The number of anilines is 1. The van der Waals surface area contributed by atoms with E-state index in [4.69, 9.17) is 5.73 Å². The number of nitrogen functional groups attached to an aromatic ring is 1. The average Bonchev–Trinajstić information content (AvgIpc) is 2.45. The number of hydrogen-bond donors (Lipinski definition) is 2. The molecule has 2 rings (SSSR count). The van der Waals surface area contributed by atoms with Gasteiger partial charge >= 0.3 is 0 Å². The molecule has 0 aliphatic heterocycles. The Bertz CT molecular complexity index is 681. The number of rotatable bonds is 4. The van der Waals surface area contributed by atoms with Gasteiger partial charge in [-0.2, -0.15) is 0 Å². The van der Waals surface area contributed by atoms with E-state index in [0.717, 1.165) is 5.56 Å². The van der Waals surface area contributed by atoms with Gasteiger partial charge < -0.3 is 11.1 Å². The molecule has 0 aliphatic rings. The van der Waals surface area contributed by atoms with Crippen LogP contribution in [0.15, 0.2) is 42.5 Å². The Morgan fingerprint density at radius 2 is 1.90 bits per heavy atom. The zero-order chi connectivity index (χ0) is 15.4. The van der Waals surface area contributed by atoms with Gasteiger partial charge in [-0.05, 0) is 36.2 Å². The summed E-state index contributed by atoms with van der Waals surface area (Å²) < 4.78 is 0. The number of nitrogens with two attached hydrogens (primary N) is 1. The first-order valence-corrected chi connectivity index (χ1v) is 6.34. The van der Waals surface area contributed by atoms with Crippen LogP contribution in [0.1, 0.15) is 21.5 Å². The van der Waals surface area contributed by atoms with Crippen molar-refractivity contribution in [1.29, 1.82) is 0 Å². The lowest BCUT2D eigenvalue weighted by molar-refractivity contribution is -0.384. The quantitative estimate of drug-likeness (QED) is 0.512. The van der Waals surface area contributed by atoms with E-state index in [1.165, 1.54) is 12.1 Å². The molecule has 0 spiro atoms. The van der Waals surface area contributed by atoms with Crippen LogP contribution in [0, 0.1) is 17.0 Å². The number of nitro benzene ring substituents is 1. The molecule has 1 amide bonds. The first kappa shape index (κ1) is 14.5. The van der Waals surface area contributed by atoms with E-state index in [-0.39, 0.29) is 17.2 Å². The van der Waals surface area contributed by atoms with E-state index in [0.29, 0.717) is 17.8 Å². The minimum atomic E-state index is -0.510. The van der Waals surface area contributed by atoms with Crippen molar-refractivity contribution in [3.05, 3.63) is 69.3 Å². The number of nitro groups is 1. The number of carbonyl (C=O) groups is 1. The molecule has 2 aromatic carbocycles. The Labute approximate surface area is 121 Å². The highest BCUT2D eigenvalue weighted by atomic mass is 16.6. The summed E-state index contributed by atoms with van der Waals surface area (Å²) in [6.45, 7) is 2.05. The summed E-state index contributed by atoms with van der Waals surface area (Å²) in [6.07, 6.45) is 0. The molecular weight excluding hydrogens is 270 g/mol. The molecule has 6 heteroatoms. The van der Waals surface area contributed by atoms with Crippen LogP contribution >= 0.6 is 0 Å². The largest absolute Gasteiger partial charge is 0.399 e. The molecule has 0 atom stereocenters. The van der Waals surface area contributed by atoms with Crippen LogP contribution in [-0.4, -0.2) is 10.8 Å².